The quantitative estimate of drug-likeness (QED) is 0.273. The maximum absolute atomic E-state index is 12.4. The van der Waals surface area contributed by atoms with E-state index in [0.717, 1.165) is 22.3 Å². The molecule has 2 heterocycles. The molecule has 0 saturated carbocycles. The first-order chi connectivity index (χ1) is 16.4. The van der Waals surface area contributed by atoms with Gasteiger partial charge in [-0.05, 0) is 48.7 Å². The number of methoxy groups -OCH3 is 1. The van der Waals surface area contributed by atoms with Crippen molar-refractivity contribution in [2.75, 3.05) is 7.11 Å². The monoisotopic (exact) mass is 462 g/mol. The fraction of sp³-hybridized carbons (Fsp3) is 0.269. The van der Waals surface area contributed by atoms with Crippen molar-refractivity contribution in [1.29, 1.82) is 0 Å². The molecule has 0 aliphatic carbocycles. The van der Waals surface area contributed by atoms with E-state index in [2.05, 4.69) is 4.98 Å². The molecule has 4 rings (SSSR count). The second kappa shape index (κ2) is 10.2. The van der Waals surface area contributed by atoms with Gasteiger partial charge in [0.2, 0.25) is 0 Å². The van der Waals surface area contributed by atoms with Gasteiger partial charge in [-0.1, -0.05) is 12.1 Å². The number of imidazole rings is 1. The molecule has 4 aromatic rings. The van der Waals surface area contributed by atoms with Crippen molar-refractivity contribution in [3.63, 3.8) is 0 Å². The Morgan fingerprint density at radius 3 is 2.56 bits per heavy atom. The van der Waals surface area contributed by atoms with Crippen LogP contribution in [0.3, 0.4) is 0 Å². The summed E-state index contributed by atoms with van der Waals surface area (Å²) in [5, 5.41) is 0.814. The Morgan fingerprint density at radius 2 is 1.85 bits per heavy atom. The molecule has 0 unspecified atom stereocenters. The van der Waals surface area contributed by atoms with Crippen LogP contribution in [-0.4, -0.2) is 22.6 Å². The van der Waals surface area contributed by atoms with Crippen LogP contribution in [0.5, 0.6) is 11.5 Å². The highest BCUT2D eigenvalue weighted by Gasteiger charge is 2.14. The summed E-state index contributed by atoms with van der Waals surface area (Å²) in [6, 6.07) is 12.7. The normalized spacial score (nSPS) is 10.9. The van der Waals surface area contributed by atoms with Crippen LogP contribution >= 0.6 is 0 Å². The lowest BCUT2D eigenvalue weighted by molar-refractivity contribution is -0.144. The van der Waals surface area contributed by atoms with Gasteiger partial charge in [0.25, 0.3) is 0 Å². The van der Waals surface area contributed by atoms with Crippen molar-refractivity contribution in [1.82, 2.24) is 9.55 Å². The summed E-state index contributed by atoms with van der Waals surface area (Å²) in [6.07, 6.45) is 3.91. The van der Waals surface area contributed by atoms with E-state index in [-0.39, 0.29) is 25.4 Å². The molecule has 2 aromatic carbocycles. The lowest BCUT2D eigenvalue weighted by atomic mass is 10.0. The maximum atomic E-state index is 12.4. The lowest BCUT2D eigenvalue weighted by Gasteiger charge is -2.10. The molecule has 176 valence electrons. The molecule has 8 heteroatoms. The van der Waals surface area contributed by atoms with Crippen molar-refractivity contribution in [3.05, 3.63) is 87.8 Å². The number of carbonyl (C=O) groups excluding carboxylic acids is 1. The molecular formula is C26H26N2O6. The summed E-state index contributed by atoms with van der Waals surface area (Å²) in [4.78, 5) is 29.0. The molecule has 0 fully saturated rings. The van der Waals surface area contributed by atoms with E-state index in [4.69, 9.17) is 18.6 Å². The van der Waals surface area contributed by atoms with E-state index in [1.54, 1.807) is 19.4 Å². The van der Waals surface area contributed by atoms with Crippen LogP contribution in [0.2, 0.25) is 0 Å². The molecule has 0 atom stereocenters. The third-order valence-electron chi connectivity index (χ3n) is 5.69. The average molecular weight is 463 g/mol. The Morgan fingerprint density at radius 1 is 1.09 bits per heavy atom. The third-order valence-corrected chi connectivity index (χ3v) is 5.69. The van der Waals surface area contributed by atoms with E-state index < -0.39 is 5.63 Å². The molecule has 0 spiro atoms. The molecule has 0 bridgehead atoms. The van der Waals surface area contributed by atoms with Gasteiger partial charge in [0, 0.05) is 42.9 Å². The van der Waals surface area contributed by atoms with Crippen molar-refractivity contribution in [3.8, 4) is 11.5 Å². The van der Waals surface area contributed by atoms with Gasteiger partial charge in [-0.2, -0.15) is 0 Å². The fourth-order valence-electron chi connectivity index (χ4n) is 3.62. The molecule has 34 heavy (non-hydrogen) atoms. The topological polar surface area (TPSA) is 92.8 Å². The molecule has 0 aliphatic rings. The SMILES string of the molecule is COc1ccc2c(C)c(CCC(=O)OCc3ccc(OCc4nccn4C)cc3)c(=O)oc2c1. The standard InChI is InChI=1S/C26H26N2O6/c1-17-21-9-8-20(31-3)14-23(21)34-26(30)22(17)10-11-25(29)33-15-18-4-6-19(7-5-18)32-16-24-27-12-13-28(24)2/h4-9,12-14H,10-11,15-16H2,1-3H3. The number of nitrogens with zero attached hydrogens (tertiary/aromatic N) is 2. The van der Waals surface area contributed by atoms with Crippen LogP contribution in [0.25, 0.3) is 11.0 Å². The Labute approximate surface area is 196 Å². The number of rotatable bonds is 9. The van der Waals surface area contributed by atoms with Gasteiger partial charge in [-0.15, -0.1) is 0 Å². The highest BCUT2D eigenvalue weighted by molar-refractivity contribution is 5.82. The van der Waals surface area contributed by atoms with Crippen LogP contribution in [0.4, 0.5) is 0 Å². The van der Waals surface area contributed by atoms with E-state index in [1.807, 2.05) is 61.1 Å². The molecular weight excluding hydrogens is 436 g/mol. The lowest BCUT2D eigenvalue weighted by Crippen LogP contribution is -2.13. The highest BCUT2D eigenvalue weighted by atomic mass is 16.5. The predicted molar refractivity (Wildman–Crippen MR) is 126 cm³/mol. The predicted octanol–water partition coefficient (Wildman–Crippen LogP) is 4.10. The van der Waals surface area contributed by atoms with Crippen molar-refractivity contribution < 1.29 is 23.4 Å². The minimum absolute atomic E-state index is 0.0815. The minimum Gasteiger partial charge on any atom is -0.497 e. The van der Waals surface area contributed by atoms with Gasteiger partial charge < -0.3 is 23.2 Å². The van der Waals surface area contributed by atoms with Crippen molar-refractivity contribution >= 4 is 16.9 Å². The zero-order chi connectivity index (χ0) is 24.1. The first kappa shape index (κ1) is 23.1. The number of benzene rings is 2. The van der Waals surface area contributed by atoms with Crippen LogP contribution in [0, 0.1) is 6.92 Å². The second-order valence-corrected chi connectivity index (χ2v) is 7.90. The molecule has 0 radical (unpaired) electrons. The number of aryl methyl sites for hydroxylation is 2. The number of ether oxygens (including phenoxy) is 3. The minimum atomic E-state index is -0.452. The number of aromatic nitrogens is 2. The first-order valence-corrected chi connectivity index (χ1v) is 10.9. The number of carbonyl (C=O) groups is 1. The maximum Gasteiger partial charge on any atom is 0.339 e. The van der Waals surface area contributed by atoms with Crippen molar-refractivity contribution in [2.24, 2.45) is 7.05 Å². The number of esters is 1. The smallest absolute Gasteiger partial charge is 0.339 e. The van der Waals surface area contributed by atoms with E-state index in [0.29, 0.717) is 29.3 Å². The number of hydrogen-bond acceptors (Lipinski definition) is 7. The zero-order valence-corrected chi connectivity index (χ0v) is 19.4. The highest BCUT2D eigenvalue weighted by Crippen LogP contribution is 2.24. The van der Waals surface area contributed by atoms with Gasteiger partial charge in [0.05, 0.1) is 7.11 Å². The van der Waals surface area contributed by atoms with Crippen LogP contribution < -0.4 is 15.1 Å². The second-order valence-electron chi connectivity index (χ2n) is 7.90. The first-order valence-electron chi connectivity index (χ1n) is 10.9. The summed E-state index contributed by atoms with van der Waals surface area (Å²) in [5.41, 5.74) is 2.12. The number of fused-ring (bicyclic) bond motifs is 1. The van der Waals surface area contributed by atoms with Gasteiger partial charge in [-0.25, -0.2) is 9.78 Å². The largest absolute Gasteiger partial charge is 0.497 e. The van der Waals surface area contributed by atoms with Gasteiger partial charge in [-0.3, -0.25) is 4.79 Å². The summed E-state index contributed by atoms with van der Waals surface area (Å²) < 4.78 is 23.6. The molecule has 0 amide bonds. The Balaban J connectivity index is 1.30. The van der Waals surface area contributed by atoms with Gasteiger partial charge in [0.1, 0.15) is 36.1 Å². The van der Waals surface area contributed by atoms with Gasteiger partial charge in [0.15, 0.2) is 0 Å². The Bertz CT molecular complexity index is 1350. The number of hydrogen-bond donors (Lipinski definition) is 0. The van der Waals surface area contributed by atoms with Crippen LogP contribution in [-0.2, 0) is 36.2 Å². The molecule has 8 nitrogen and oxygen atoms in total. The van der Waals surface area contributed by atoms with Crippen LogP contribution in [0.1, 0.15) is 28.9 Å². The Kier molecular flexibility index (Phi) is 6.96. The third kappa shape index (κ3) is 5.28. The van der Waals surface area contributed by atoms with E-state index >= 15 is 0 Å². The summed E-state index contributed by atoms with van der Waals surface area (Å²) in [7, 11) is 3.46. The fourth-order valence-corrected chi connectivity index (χ4v) is 3.62. The molecule has 2 aromatic heterocycles. The average Bonchev–Trinajstić information content (AvgIpc) is 3.26. The summed E-state index contributed by atoms with van der Waals surface area (Å²) >= 11 is 0. The van der Waals surface area contributed by atoms with E-state index in [9.17, 15) is 9.59 Å². The summed E-state index contributed by atoms with van der Waals surface area (Å²) in [5.74, 6) is 1.76. The van der Waals surface area contributed by atoms with Crippen LogP contribution in [0.15, 0.2) is 64.1 Å². The Hall–Kier alpha value is -4.07. The van der Waals surface area contributed by atoms with Gasteiger partial charge >= 0.3 is 11.6 Å². The van der Waals surface area contributed by atoms with E-state index in [1.165, 1.54) is 0 Å². The zero-order valence-electron chi connectivity index (χ0n) is 19.4. The van der Waals surface area contributed by atoms with Crippen molar-refractivity contribution in [2.45, 2.75) is 33.0 Å². The summed E-state index contributed by atoms with van der Waals surface area (Å²) in [6.45, 7) is 2.36. The molecule has 0 aliphatic heterocycles. The molecule has 0 N–H and O–H groups in total. The molecule has 0 saturated heterocycles.